The largest absolute Gasteiger partial charge is 0.309 e. The first kappa shape index (κ1) is 42.4. The quantitative estimate of drug-likeness (QED) is 0.142. The van der Waals surface area contributed by atoms with E-state index in [9.17, 15) is 0 Å². The Bertz CT molecular complexity index is 4740. The summed E-state index contributed by atoms with van der Waals surface area (Å²) < 4.78 is 9.97. The monoisotopic (exact) mass is 944 g/mol. The Morgan fingerprint density at radius 3 is 1.16 bits per heavy atom. The molecule has 0 saturated carbocycles. The lowest BCUT2D eigenvalue weighted by Gasteiger charge is -2.23. The van der Waals surface area contributed by atoms with Gasteiger partial charge in [-0.1, -0.05) is 197 Å². The summed E-state index contributed by atoms with van der Waals surface area (Å²) in [6, 6.07) is 90.2. The molecule has 348 valence electrons. The van der Waals surface area contributed by atoms with Crippen molar-refractivity contribution in [3.8, 4) is 22.7 Å². The lowest BCUT2D eigenvalue weighted by atomic mass is 9.35. The van der Waals surface area contributed by atoms with Crippen LogP contribution < -0.4 is 16.4 Å². The molecule has 0 radical (unpaired) electrons. The molecule has 74 heavy (non-hydrogen) atoms. The number of aryl methyl sites for hydroxylation is 3. The number of hydrogen-bond donors (Lipinski definition) is 0. The Morgan fingerprint density at radius 2 is 0.649 bits per heavy atom. The number of nitrogens with zero attached hydrogens (tertiary/aromatic N) is 4. The first-order valence-corrected chi connectivity index (χ1v) is 25.8. The molecule has 11 aromatic carbocycles. The van der Waals surface area contributed by atoms with Gasteiger partial charge < -0.3 is 18.3 Å². The average Bonchev–Trinajstić information content (AvgIpc) is 4.18. The van der Waals surface area contributed by atoms with Gasteiger partial charge in [0.05, 0.1) is 44.1 Å². The van der Waals surface area contributed by atoms with E-state index in [1.54, 1.807) is 0 Å². The Hall–Kier alpha value is -9.32. The van der Waals surface area contributed by atoms with E-state index in [1.165, 1.54) is 120 Å². The zero-order valence-electron chi connectivity index (χ0n) is 41.5. The van der Waals surface area contributed by atoms with Crippen molar-refractivity contribution in [2.75, 3.05) is 0 Å². The normalized spacial score (nSPS) is 12.0. The Kier molecular flexibility index (Phi) is 9.37. The van der Waals surface area contributed by atoms with Crippen LogP contribution in [0.5, 0.6) is 0 Å². The van der Waals surface area contributed by atoms with E-state index in [4.69, 9.17) is 0 Å². The van der Waals surface area contributed by atoms with Gasteiger partial charge in [0.15, 0.2) is 0 Å². The van der Waals surface area contributed by atoms with Crippen LogP contribution in [0.25, 0.3) is 110 Å². The molecule has 15 aromatic rings. The highest BCUT2D eigenvalue weighted by atomic mass is 15.0. The van der Waals surface area contributed by atoms with Crippen LogP contribution in [0.2, 0.25) is 0 Å². The van der Waals surface area contributed by atoms with Gasteiger partial charge in [-0.05, 0) is 99.6 Å². The number of fused-ring (bicyclic) bond motifs is 14. The van der Waals surface area contributed by atoms with Crippen LogP contribution >= 0.6 is 0 Å². The third-order valence-electron chi connectivity index (χ3n) is 15.9. The van der Waals surface area contributed by atoms with Gasteiger partial charge in [0.2, 0.25) is 6.71 Å². The molecule has 0 unspecified atom stereocenters. The average molecular weight is 945 g/mol. The van der Waals surface area contributed by atoms with Crippen LogP contribution in [0.15, 0.2) is 243 Å². The highest BCUT2D eigenvalue weighted by Gasteiger charge is 2.29. The van der Waals surface area contributed by atoms with E-state index in [0.717, 1.165) is 22.7 Å². The Labute approximate surface area is 429 Å². The lowest BCUT2D eigenvalue weighted by Crippen LogP contribution is -2.54. The smallest absolute Gasteiger partial charge is 0.242 e. The molecule has 5 heteroatoms. The molecule has 0 aliphatic rings. The molecule has 0 amide bonds. The molecule has 4 aromatic heterocycles. The van der Waals surface area contributed by atoms with E-state index in [1.807, 2.05) is 0 Å². The fourth-order valence-corrected chi connectivity index (χ4v) is 13.1. The summed E-state index contributed by atoms with van der Waals surface area (Å²) in [6.45, 7) is 6.74. The van der Waals surface area contributed by atoms with Crippen LogP contribution in [0, 0.1) is 20.8 Å². The van der Waals surface area contributed by atoms with Crippen LogP contribution in [0.3, 0.4) is 0 Å². The molecule has 0 bridgehead atoms. The van der Waals surface area contributed by atoms with Crippen molar-refractivity contribution in [2.24, 2.45) is 0 Å². The molecule has 0 fully saturated rings. The van der Waals surface area contributed by atoms with Gasteiger partial charge in [-0.2, -0.15) is 0 Å². The summed E-state index contributed by atoms with van der Waals surface area (Å²) in [5.74, 6) is 0. The summed E-state index contributed by atoms with van der Waals surface area (Å²) in [4.78, 5) is 0. The highest BCUT2D eigenvalue weighted by Crippen LogP contribution is 2.44. The lowest BCUT2D eigenvalue weighted by molar-refractivity contribution is 1.15. The third-order valence-corrected chi connectivity index (χ3v) is 15.9. The number of benzene rings is 11. The van der Waals surface area contributed by atoms with Crippen LogP contribution in [-0.2, 0) is 0 Å². The summed E-state index contributed by atoms with van der Waals surface area (Å²) in [6.07, 6.45) is 0. The second kappa shape index (κ2) is 16.4. The fourth-order valence-electron chi connectivity index (χ4n) is 13.1. The number of rotatable bonds is 7. The van der Waals surface area contributed by atoms with Crippen LogP contribution in [0.1, 0.15) is 16.7 Å². The van der Waals surface area contributed by atoms with Gasteiger partial charge in [-0.15, -0.1) is 0 Å². The predicted molar refractivity (Wildman–Crippen MR) is 316 cm³/mol. The Morgan fingerprint density at radius 1 is 0.270 bits per heavy atom. The molecular formula is C69H49BN4. The second-order valence-electron chi connectivity index (χ2n) is 20.2. The minimum absolute atomic E-state index is 0.0764. The van der Waals surface area contributed by atoms with Crippen LogP contribution in [-0.4, -0.2) is 25.0 Å². The molecule has 0 aliphatic heterocycles. The van der Waals surface area contributed by atoms with Gasteiger partial charge in [0.25, 0.3) is 0 Å². The maximum atomic E-state index is 2.54. The highest BCUT2D eigenvalue weighted by molar-refractivity contribution is 6.96. The topological polar surface area (TPSA) is 19.7 Å². The van der Waals surface area contributed by atoms with Crippen LogP contribution in [0.4, 0.5) is 0 Å². The van der Waals surface area contributed by atoms with Crippen molar-refractivity contribution < 1.29 is 0 Å². The van der Waals surface area contributed by atoms with Gasteiger partial charge in [-0.25, -0.2) is 0 Å². The van der Waals surface area contributed by atoms with Crippen molar-refractivity contribution in [1.29, 1.82) is 0 Å². The summed E-state index contributed by atoms with van der Waals surface area (Å²) in [7, 11) is 0. The molecule has 0 N–H and O–H groups in total. The van der Waals surface area contributed by atoms with E-state index < -0.39 is 0 Å². The summed E-state index contributed by atoms with van der Waals surface area (Å²) >= 11 is 0. The number of para-hydroxylation sites is 6. The predicted octanol–water partition coefficient (Wildman–Crippen LogP) is 15.5. The molecule has 0 saturated heterocycles. The first-order chi connectivity index (χ1) is 36.5. The van der Waals surface area contributed by atoms with Gasteiger partial charge in [0.1, 0.15) is 0 Å². The standard InChI is InChI=1S/C69H49BN4/c1-44-40-45(2)66(46(3)41-44)70(47-20-18-26-51(42-47)73-61-33-15-10-28-53(61)56-38-39-64-65(67(56)73)59-31-13-17-35-63(59)71(64)49-22-6-4-7-23-49)48-21-19-27-52(43-48)74-62-34-16-12-30-55(62)58-37-36-57-54-29-11-14-32-60(54)72(68(57)69(58)74)50-24-8-5-9-25-50/h4-43H,1-3H3. The molecular weight excluding hydrogens is 896 g/mol. The summed E-state index contributed by atoms with van der Waals surface area (Å²) in [5, 5.41) is 9.94. The van der Waals surface area contributed by atoms with Gasteiger partial charge in [-0.3, -0.25) is 0 Å². The number of hydrogen-bond acceptors (Lipinski definition) is 0. The SMILES string of the molecule is Cc1cc(C)c(B(c2cccc(-n3c4ccccc4c4ccc5c(c6ccccc6n5-c5ccccc5)c43)c2)c2cccc(-n3c4ccccc4c4ccc5c6ccccc6n(-c6ccccc6)c5c43)c2)c(C)c1. The van der Waals surface area contributed by atoms with Crippen molar-refractivity contribution in [1.82, 2.24) is 18.3 Å². The molecule has 0 aliphatic carbocycles. The minimum Gasteiger partial charge on any atom is -0.309 e. The third kappa shape index (κ3) is 6.17. The second-order valence-corrected chi connectivity index (χ2v) is 20.2. The number of aromatic nitrogens is 4. The van der Waals surface area contributed by atoms with E-state index >= 15 is 0 Å². The fraction of sp³-hybridized carbons (Fsp3) is 0.0435. The zero-order chi connectivity index (χ0) is 49.2. The Balaban J connectivity index is 0.994. The van der Waals surface area contributed by atoms with Crippen molar-refractivity contribution in [3.05, 3.63) is 259 Å². The van der Waals surface area contributed by atoms with Crippen molar-refractivity contribution in [2.45, 2.75) is 20.8 Å². The molecule has 0 spiro atoms. The summed E-state index contributed by atoms with van der Waals surface area (Å²) in [5.41, 5.74) is 21.9. The maximum absolute atomic E-state index is 2.54. The minimum atomic E-state index is -0.0764. The zero-order valence-corrected chi connectivity index (χ0v) is 41.5. The van der Waals surface area contributed by atoms with Gasteiger partial charge >= 0.3 is 0 Å². The van der Waals surface area contributed by atoms with E-state index in [2.05, 4.69) is 282 Å². The molecule has 15 rings (SSSR count). The maximum Gasteiger partial charge on any atom is 0.242 e. The van der Waals surface area contributed by atoms with E-state index in [-0.39, 0.29) is 6.71 Å². The van der Waals surface area contributed by atoms with E-state index in [0.29, 0.717) is 0 Å². The van der Waals surface area contributed by atoms with Crippen molar-refractivity contribution >= 4 is 110 Å². The van der Waals surface area contributed by atoms with Gasteiger partial charge in [0, 0.05) is 65.8 Å². The molecule has 4 heterocycles. The van der Waals surface area contributed by atoms with Crippen molar-refractivity contribution in [3.63, 3.8) is 0 Å². The molecule has 0 atom stereocenters. The molecule has 4 nitrogen and oxygen atoms in total. The first-order valence-electron chi connectivity index (χ1n) is 25.8.